The molecule has 1 aromatic rings. The van der Waals surface area contributed by atoms with Crippen LogP contribution in [0.15, 0.2) is 28.1 Å². The third-order valence-corrected chi connectivity index (χ3v) is 6.50. The monoisotopic (exact) mass is 371 g/mol. The molecular formula is C21H29N3OS. The Morgan fingerprint density at radius 1 is 1.35 bits per heavy atom. The van der Waals surface area contributed by atoms with Crippen LogP contribution in [0.4, 0.5) is 5.69 Å². The lowest BCUT2D eigenvalue weighted by Crippen LogP contribution is -2.45. The number of fused-ring (bicyclic) bond motifs is 1. The highest BCUT2D eigenvalue weighted by molar-refractivity contribution is 8.18. The Balaban J connectivity index is 1.95. The van der Waals surface area contributed by atoms with Gasteiger partial charge in [0.1, 0.15) is 0 Å². The predicted molar refractivity (Wildman–Crippen MR) is 113 cm³/mol. The normalized spacial score (nSPS) is 25.3. The van der Waals surface area contributed by atoms with Gasteiger partial charge in [-0.3, -0.25) is 14.7 Å². The molecule has 0 aromatic heterocycles. The SMILES string of the molecule is CCN=C1S/C(=C/c2ccc3c(c2)C(C)CC(C)(C)N3C)C(=O)N1CC. The van der Waals surface area contributed by atoms with Crippen LogP contribution in [-0.4, -0.2) is 41.7 Å². The summed E-state index contributed by atoms with van der Waals surface area (Å²) >= 11 is 1.49. The first-order valence-corrected chi connectivity index (χ1v) is 10.2. The number of amidine groups is 1. The first kappa shape index (κ1) is 19.0. The molecule has 2 heterocycles. The summed E-state index contributed by atoms with van der Waals surface area (Å²) in [7, 11) is 2.17. The number of nitrogens with zero attached hydrogens (tertiary/aromatic N) is 3. The highest BCUT2D eigenvalue weighted by atomic mass is 32.2. The van der Waals surface area contributed by atoms with Crippen molar-refractivity contribution in [3.63, 3.8) is 0 Å². The second-order valence-electron chi connectivity index (χ2n) is 7.71. The van der Waals surface area contributed by atoms with Crippen LogP contribution < -0.4 is 4.90 Å². The van der Waals surface area contributed by atoms with E-state index in [1.807, 2.05) is 19.9 Å². The molecule has 2 aliphatic heterocycles. The smallest absolute Gasteiger partial charge is 0.266 e. The molecular weight excluding hydrogens is 342 g/mol. The van der Waals surface area contributed by atoms with Gasteiger partial charge in [-0.15, -0.1) is 0 Å². The van der Waals surface area contributed by atoms with Gasteiger partial charge in [0, 0.05) is 31.4 Å². The molecule has 140 valence electrons. The fourth-order valence-electron chi connectivity index (χ4n) is 3.88. The van der Waals surface area contributed by atoms with Gasteiger partial charge in [-0.25, -0.2) is 0 Å². The van der Waals surface area contributed by atoms with E-state index in [0.29, 0.717) is 19.0 Å². The zero-order valence-corrected chi connectivity index (χ0v) is 17.5. The zero-order chi connectivity index (χ0) is 19.1. The molecule has 26 heavy (non-hydrogen) atoms. The third-order valence-electron chi connectivity index (χ3n) is 5.45. The van der Waals surface area contributed by atoms with E-state index in [0.717, 1.165) is 22.1 Å². The summed E-state index contributed by atoms with van der Waals surface area (Å²) < 4.78 is 0. The topological polar surface area (TPSA) is 35.9 Å². The number of anilines is 1. The van der Waals surface area contributed by atoms with Crippen LogP contribution in [-0.2, 0) is 4.79 Å². The maximum atomic E-state index is 12.7. The Kier molecular flexibility index (Phi) is 5.20. The van der Waals surface area contributed by atoms with Crippen LogP contribution in [0.1, 0.15) is 58.1 Å². The maximum Gasteiger partial charge on any atom is 0.266 e. The molecule has 5 heteroatoms. The number of aliphatic imine (C=N–C) groups is 1. The molecule has 0 aliphatic carbocycles. The largest absolute Gasteiger partial charge is 0.369 e. The first-order valence-electron chi connectivity index (χ1n) is 9.42. The van der Waals surface area contributed by atoms with Gasteiger partial charge in [0.25, 0.3) is 5.91 Å². The van der Waals surface area contributed by atoms with Gasteiger partial charge in [0.15, 0.2) is 5.17 Å². The minimum absolute atomic E-state index is 0.0636. The van der Waals surface area contributed by atoms with E-state index in [4.69, 9.17) is 0 Å². The van der Waals surface area contributed by atoms with Crippen molar-refractivity contribution in [3.8, 4) is 0 Å². The predicted octanol–water partition coefficient (Wildman–Crippen LogP) is 4.72. The number of thioether (sulfide) groups is 1. The summed E-state index contributed by atoms with van der Waals surface area (Å²) in [6, 6.07) is 6.56. The number of hydrogen-bond acceptors (Lipinski definition) is 4. The molecule has 1 saturated heterocycles. The van der Waals surface area contributed by atoms with Crippen LogP contribution in [0.2, 0.25) is 0 Å². The summed E-state index contributed by atoms with van der Waals surface area (Å²) in [5.74, 6) is 0.569. The minimum atomic E-state index is 0.0636. The quantitative estimate of drug-likeness (QED) is 0.721. The van der Waals surface area contributed by atoms with Crippen molar-refractivity contribution in [1.29, 1.82) is 0 Å². The standard InChI is InChI=1S/C21H29N3OS/c1-7-22-20-24(8-2)19(25)18(26-20)12-15-9-10-17-16(11-15)14(3)13-21(4,5)23(17)6/h9-12,14H,7-8,13H2,1-6H3/b18-12+,22-20?. The van der Waals surface area contributed by atoms with Gasteiger partial charge >= 0.3 is 0 Å². The Morgan fingerprint density at radius 3 is 2.73 bits per heavy atom. The van der Waals surface area contributed by atoms with Crippen molar-refractivity contribution in [2.75, 3.05) is 25.0 Å². The fraction of sp³-hybridized carbons (Fsp3) is 0.524. The number of benzene rings is 1. The van der Waals surface area contributed by atoms with Gasteiger partial charge in [-0.05, 0) is 81.1 Å². The second-order valence-corrected chi connectivity index (χ2v) is 8.72. The summed E-state index contributed by atoms with van der Waals surface area (Å²) in [5.41, 5.74) is 3.92. The second kappa shape index (κ2) is 7.10. The lowest BCUT2D eigenvalue weighted by Gasteiger charge is -2.45. The van der Waals surface area contributed by atoms with Crippen LogP contribution in [0.3, 0.4) is 0 Å². The molecule has 1 unspecified atom stereocenters. The molecule has 4 nitrogen and oxygen atoms in total. The maximum absolute atomic E-state index is 12.7. The van der Waals surface area contributed by atoms with Gasteiger partial charge in [-0.1, -0.05) is 13.0 Å². The van der Waals surface area contributed by atoms with Crippen LogP contribution in [0, 0.1) is 0 Å². The first-order chi connectivity index (χ1) is 12.3. The van der Waals surface area contributed by atoms with Crippen molar-refractivity contribution < 1.29 is 4.79 Å². The van der Waals surface area contributed by atoms with Gasteiger partial charge in [0.05, 0.1) is 4.91 Å². The van der Waals surface area contributed by atoms with Crippen molar-refractivity contribution in [2.24, 2.45) is 4.99 Å². The van der Waals surface area contributed by atoms with E-state index in [9.17, 15) is 4.79 Å². The molecule has 0 radical (unpaired) electrons. The van der Waals surface area contributed by atoms with Gasteiger partial charge in [-0.2, -0.15) is 0 Å². The van der Waals surface area contributed by atoms with Gasteiger partial charge < -0.3 is 4.90 Å². The van der Waals surface area contributed by atoms with Gasteiger partial charge in [0.2, 0.25) is 0 Å². The Labute approximate surface area is 161 Å². The molecule has 0 saturated carbocycles. The average molecular weight is 372 g/mol. The van der Waals surface area contributed by atoms with Crippen molar-refractivity contribution in [2.45, 2.75) is 52.5 Å². The summed E-state index contributed by atoms with van der Waals surface area (Å²) in [5, 5.41) is 0.819. The van der Waals surface area contributed by atoms with E-state index in [1.165, 1.54) is 23.0 Å². The number of rotatable bonds is 3. The van der Waals surface area contributed by atoms with Crippen LogP contribution in [0.5, 0.6) is 0 Å². The number of amides is 1. The number of hydrogen-bond donors (Lipinski definition) is 0. The molecule has 0 spiro atoms. The lowest BCUT2D eigenvalue weighted by atomic mass is 9.80. The zero-order valence-electron chi connectivity index (χ0n) is 16.7. The van der Waals surface area contributed by atoms with E-state index < -0.39 is 0 Å². The Hall–Kier alpha value is -1.75. The molecule has 1 fully saturated rings. The number of likely N-dealkylation sites (N-methyl/N-ethyl adjacent to an activating group) is 1. The highest BCUT2D eigenvalue weighted by Crippen LogP contribution is 2.43. The van der Waals surface area contributed by atoms with E-state index in [1.54, 1.807) is 4.90 Å². The molecule has 1 amide bonds. The van der Waals surface area contributed by atoms with Crippen LogP contribution in [0.25, 0.3) is 6.08 Å². The van der Waals surface area contributed by atoms with Crippen LogP contribution >= 0.6 is 11.8 Å². The molecule has 3 rings (SSSR count). The molecule has 1 aromatic carbocycles. The molecule has 0 N–H and O–H groups in total. The summed E-state index contributed by atoms with van der Waals surface area (Å²) in [4.78, 5) is 22.0. The van der Waals surface area contributed by atoms with Crippen molar-refractivity contribution in [3.05, 3.63) is 34.2 Å². The van der Waals surface area contributed by atoms with E-state index in [-0.39, 0.29) is 11.4 Å². The van der Waals surface area contributed by atoms with E-state index in [2.05, 4.69) is 55.9 Å². The number of carbonyl (C=O) groups is 1. The molecule has 2 aliphatic rings. The van der Waals surface area contributed by atoms with E-state index >= 15 is 0 Å². The molecule has 1 atom stereocenters. The highest BCUT2D eigenvalue weighted by Gasteiger charge is 2.35. The van der Waals surface area contributed by atoms with Crippen molar-refractivity contribution >= 4 is 34.6 Å². The summed E-state index contributed by atoms with van der Waals surface area (Å²) in [6.07, 6.45) is 3.14. The average Bonchev–Trinajstić information content (AvgIpc) is 2.88. The summed E-state index contributed by atoms with van der Waals surface area (Å²) in [6.45, 7) is 12.2. The Bertz CT molecular complexity index is 781. The molecule has 0 bridgehead atoms. The number of carbonyl (C=O) groups excluding carboxylic acids is 1. The minimum Gasteiger partial charge on any atom is -0.369 e. The fourth-order valence-corrected chi connectivity index (χ4v) is 4.98. The van der Waals surface area contributed by atoms with Crippen molar-refractivity contribution in [1.82, 2.24) is 4.90 Å². The lowest BCUT2D eigenvalue weighted by molar-refractivity contribution is -0.122. The third kappa shape index (κ3) is 3.29. The Morgan fingerprint density at radius 2 is 2.08 bits per heavy atom.